The number of hydrogen-bond acceptors (Lipinski definition) is 3. The minimum Gasteiger partial charge on any atom is -0.445 e. The molecule has 33 heavy (non-hydrogen) atoms. The van der Waals surface area contributed by atoms with Gasteiger partial charge in [-0.1, -0.05) is 96.6 Å². The molecule has 4 heteroatoms. The molecule has 0 saturated heterocycles. The normalized spacial score (nSPS) is 17.8. The average molecular weight is 442 g/mol. The number of ether oxygens (including phenoxy) is 2. The summed E-state index contributed by atoms with van der Waals surface area (Å²) in [5.74, 6) is 0. The van der Waals surface area contributed by atoms with Crippen molar-refractivity contribution in [2.45, 2.75) is 44.9 Å². The molecule has 1 fully saturated rings. The van der Waals surface area contributed by atoms with Crippen LogP contribution in [0.1, 0.15) is 36.0 Å². The van der Waals surface area contributed by atoms with Crippen LogP contribution in [0.2, 0.25) is 0 Å². The summed E-state index contributed by atoms with van der Waals surface area (Å²) >= 11 is 0. The van der Waals surface area contributed by atoms with Crippen LogP contribution in [-0.4, -0.2) is 24.8 Å². The molecule has 3 aromatic rings. The van der Waals surface area contributed by atoms with Crippen molar-refractivity contribution in [3.05, 3.63) is 102 Å². The molecule has 1 saturated carbocycles. The van der Waals surface area contributed by atoms with Crippen LogP contribution in [-0.2, 0) is 16.1 Å². The van der Waals surface area contributed by atoms with Gasteiger partial charge in [0.05, 0.1) is 12.7 Å². The average Bonchev–Trinajstić information content (AvgIpc) is 3.29. The minimum absolute atomic E-state index is 0.101. The zero-order valence-corrected chi connectivity index (χ0v) is 19.1. The highest BCUT2D eigenvalue weighted by Gasteiger charge is 2.26. The highest BCUT2D eigenvalue weighted by Crippen LogP contribution is 2.26. The van der Waals surface area contributed by atoms with E-state index in [4.69, 9.17) is 9.47 Å². The molecule has 4 rings (SSSR count). The third-order valence-electron chi connectivity index (χ3n) is 5.94. The van der Waals surface area contributed by atoms with E-state index in [0.29, 0.717) is 6.61 Å². The lowest BCUT2D eigenvalue weighted by molar-refractivity contribution is 0.0778. The van der Waals surface area contributed by atoms with Crippen molar-refractivity contribution in [1.29, 1.82) is 0 Å². The number of benzene rings is 3. The Hall–Kier alpha value is -3.37. The Kier molecular flexibility index (Phi) is 7.94. The van der Waals surface area contributed by atoms with Crippen molar-refractivity contribution in [2.24, 2.45) is 0 Å². The maximum absolute atomic E-state index is 12.1. The van der Waals surface area contributed by atoms with Crippen molar-refractivity contribution in [1.82, 2.24) is 5.32 Å². The van der Waals surface area contributed by atoms with E-state index < -0.39 is 0 Å². The Morgan fingerprint density at radius 2 is 1.76 bits per heavy atom. The second-order valence-electron chi connectivity index (χ2n) is 8.53. The van der Waals surface area contributed by atoms with Crippen LogP contribution in [0.25, 0.3) is 17.2 Å². The van der Waals surface area contributed by atoms with Gasteiger partial charge >= 0.3 is 6.09 Å². The van der Waals surface area contributed by atoms with Crippen molar-refractivity contribution in [3.8, 4) is 11.1 Å². The van der Waals surface area contributed by atoms with Gasteiger partial charge in [0, 0.05) is 6.04 Å². The van der Waals surface area contributed by atoms with E-state index in [1.807, 2.05) is 36.4 Å². The largest absolute Gasteiger partial charge is 0.445 e. The van der Waals surface area contributed by atoms with E-state index in [9.17, 15) is 4.79 Å². The lowest BCUT2D eigenvalue weighted by Crippen LogP contribution is -2.33. The molecule has 0 radical (unpaired) electrons. The van der Waals surface area contributed by atoms with Gasteiger partial charge in [-0.25, -0.2) is 4.79 Å². The quantitative estimate of drug-likeness (QED) is 0.432. The molecule has 0 heterocycles. The van der Waals surface area contributed by atoms with Crippen LogP contribution in [0.5, 0.6) is 0 Å². The minimum atomic E-state index is -0.364. The number of carbonyl (C=O) groups is 1. The number of rotatable bonds is 8. The summed E-state index contributed by atoms with van der Waals surface area (Å²) in [4.78, 5) is 12.1. The molecule has 2 atom stereocenters. The monoisotopic (exact) mass is 441 g/mol. The van der Waals surface area contributed by atoms with Crippen LogP contribution in [0.3, 0.4) is 0 Å². The van der Waals surface area contributed by atoms with Gasteiger partial charge in [-0.05, 0) is 48.4 Å². The van der Waals surface area contributed by atoms with Gasteiger partial charge in [0.1, 0.15) is 6.61 Å². The van der Waals surface area contributed by atoms with Gasteiger partial charge < -0.3 is 14.8 Å². The summed E-state index contributed by atoms with van der Waals surface area (Å²) in [6.07, 6.45) is 6.66. The van der Waals surface area contributed by atoms with Gasteiger partial charge in [-0.15, -0.1) is 0 Å². The lowest BCUT2D eigenvalue weighted by Gasteiger charge is -2.14. The number of alkyl carbamates (subject to hydrolysis) is 1. The highest BCUT2D eigenvalue weighted by molar-refractivity contribution is 5.75. The molecule has 170 valence electrons. The summed E-state index contributed by atoms with van der Waals surface area (Å²) in [6, 6.07) is 26.8. The molecular weight excluding hydrogens is 410 g/mol. The van der Waals surface area contributed by atoms with Crippen LogP contribution >= 0.6 is 0 Å². The van der Waals surface area contributed by atoms with E-state index in [0.717, 1.165) is 24.8 Å². The first-order chi connectivity index (χ1) is 16.2. The van der Waals surface area contributed by atoms with Gasteiger partial charge in [-0.2, -0.15) is 0 Å². The first-order valence-electron chi connectivity index (χ1n) is 11.6. The highest BCUT2D eigenvalue weighted by atomic mass is 16.5. The van der Waals surface area contributed by atoms with E-state index in [-0.39, 0.29) is 24.8 Å². The lowest BCUT2D eigenvalue weighted by atomic mass is 9.97. The summed E-state index contributed by atoms with van der Waals surface area (Å²) in [5.41, 5.74) is 5.85. The topological polar surface area (TPSA) is 47.6 Å². The third kappa shape index (κ3) is 6.80. The number of carbonyl (C=O) groups excluding carboxylic acids is 1. The summed E-state index contributed by atoms with van der Waals surface area (Å²) in [5, 5.41) is 2.97. The second-order valence-corrected chi connectivity index (χ2v) is 8.53. The summed E-state index contributed by atoms with van der Waals surface area (Å²) in [6.45, 7) is 2.96. The van der Waals surface area contributed by atoms with E-state index in [1.54, 1.807) is 0 Å². The molecule has 3 aromatic carbocycles. The van der Waals surface area contributed by atoms with Crippen molar-refractivity contribution >= 4 is 12.2 Å². The molecule has 1 N–H and O–H groups in total. The predicted octanol–water partition coefficient (Wildman–Crippen LogP) is 6.54. The van der Waals surface area contributed by atoms with Crippen molar-refractivity contribution in [3.63, 3.8) is 0 Å². The zero-order valence-electron chi connectivity index (χ0n) is 19.1. The molecular formula is C29H31NO3. The number of amides is 1. The molecule has 1 aliphatic carbocycles. The fraction of sp³-hybridized carbons (Fsp3) is 0.276. The first kappa shape index (κ1) is 22.8. The first-order valence-corrected chi connectivity index (χ1v) is 11.6. The Labute approximate surface area is 196 Å². The van der Waals surface area contributed by atoms with Gasteiger partial charge in [0.2, 0.25) is 0 Å². The van der Waals surface area contributed by atoms with Gasteiger partial charge in [0.15, 0.2) is 0 Å². The molecule has 4 nitrogen and oxygen atoms in total. The van der Waals surface area contributed by atoms with Crippen LogP contribution < -0.4 is 5.32 Å². The fourth-order valence-corrected chi connectivity index (χ4v) is 4.20. The molecule has 1 aliphatic rings. The molecule has 2 unspecified atom stereocenters. The van der Waals surface area contributed by atoms with E-state index in [1.165, 1.54) is 22.3 Å². The standard InChI is InChI=1S/C29H31NO3/c1-22-14-15-25(28(19-22)24-11-6-3-7-12-24)13-8-18-32-27-17-16-26(20-27)30-29(31)33-21-23-9-4-2-5-10-23/h2-15,19,26-27H,16-18,20-21H2,1H3,(H,30,31). The number of nitrogens with one attached hydrogen (secondary N) is 1. The SMILES string of the molecule is Cc1ccc(C=CCOC2CCC(NC(=O)OCc3ccccc3)C2)c(-c2ccccc2)c1. The molecule has 1 amide bonds. The Morgan fingerprint density at radius 1 is 1.00 bits per heavy atom. The van der Waals surface area contributed by atoms with Crippen molar-refractivity contribution in [2.75, 3.05) is 6.61 Å². The molecule has 0 bridgehead atoms. The van der Waals surface area contributed by atoms with Crippen LogP contribution in [0.15, 0.2) is 84.9 Å². The maximum Gasteiger partial charge on any atom is 0.407 e. The molecule has 0 aliphatic heterocycles. The fourth-order valence-electron chi connectivity index (χ4n) is 4.20. The van der Waals surface area contributed by atoms with Crippen molar-refractivity contribution < 1.29 is 14.3 Å². The second kappa shape index (κ2) is 11.5. The zero-order chi connectivity index (χ0) is 22.9. The van der Waals surface area contributed by atoms with Gasteiger partial charge in [0.25, 0.3) is 0 Å². The maximum atomic E-state index is 12.1. The van der Waals surface area contributed by atoms with Gasteiger partial charge in [-0.3, -0.25) is 0 Å². The Balaban J connectivity index is 1.22. The summed E-state index contributed by atoms with van der Waals surface area (Å²) in [7, 11) is 0. The number of hydrogen-bond donors (Lipinski definition) is 1. The Morgan fingerprint density at radius 3 is 2.55 bits per heavy atom. The van der Waals surface area contributed by atoms with Crippen LogP contribution in [0, 0.1) is 6.92 Å². The molecule has 0 aromatic heterocycles. The van der Waals surface area contributed by atoms with E-state index in [2.05, 4.69) is 66.9 Å². The smallest absolute Gasteiger partial charge is 0.407 e. The van der Waals surface area contributed by atoms with E-state index >= 15 is 0 Å². The predicted molar refractivity (Wildman–Crippen MR) is 133 cm³/mol. The van der Waals surface area contributed by atoms with Crippen LogP contribution in [0.4, 0.5) is 4.79 Å². The molecule has 0 spiro atoms. The Bertz CT molecular complexity index is 1060. The third-order valence-corrected chi connectivity index (χ3v) is 5.94. The number of aryl methyl sites for hydroxylation is 1. The summed E-state index contributed by atoms with van der Waals surface area (Å²) < 4.78 is 11.4.